The van der Waals surface area contributed by atoms with Gasteiger partial charge in [-0.15, -0.1) is 0 Å². The Bertz CT molecular complexity index is 440. The van der Waals surface area contributed by atoms with Crippen molar-refractivity contribution in [2.45, 2.75) is 38.8 Å². The first-order valence-electron chi connectivity index (χ1n) is 7.33. The summed E-state index contributed by atoms with van der Waals surface area (Å²) in [6.07, 6.45) is 2.46. The summed E-state index contributed by atoms with van der Waals surface area (Å²) in [6, 6.07) is 8.19. The summed E-state index contributed by atoms with van der Waals surface area (Å²) in [5, 5.41) is 6.32. The van der Waals surface area contributed by atoms with Crippen LogP contribution in [-0.4, -0.2) is 25.6 Å². The Morgan fingerprint density at radius 3 is 2.50 bits per heavy atom. The summed E-state index contributed by atoms with van der Waals surface area (Å²) < 4.78 is 5.19. The molecule has 1 fully saturated rings. The molecule has 1 aliphatic rings. The Balaban J connectivity index is 2.04. The van der Waals surface area contributed by atoms with Crippen LogP contribution in [0.1, 0.15) is 38.3 Å². The molecular formula is C16H24N2O2. The lowest BCUT2D eigenvalue weighted by Crippen LogP contribution is -2.44. The SMILES string of the molecule is CCNC(=O)C(C)NC(c1ccc(OC)cc1)C1CC1. The molecule has 0 bridgehead atoms. The van der Waals surface area contributed by atoms with Crippen molar-refractivity contribution in [1.29, 1.82) is 0 Å². The summed E-state index contributed by atoms with van der Waals surface area (Å²) in [5.74, 6) is 1.56. The van der Waals surface area contributed by atoms with Crippen molar-refractivity contribution in [3.8, 4) is 5.75 Å². The Morgan fingerprint density at radius 1 is 1.35 bits per heavy atom. The second kappa shape index (κ2) is 6.75. The van der Waals surface area contributed by atoms with Gasteiger partial charge >= 0.3 is 0 Å². The summed E-state index contributed by atoms with van der Waals surface area (Å²) in [5.41, 5.74) is 1.23. The van der Waals surface area contributed by atoms with Gasteiger partial charge in [0.2, 0.25) is 5.91 Å². The highest BCUT2D eigenvalue weighted by molar-refractivity contribution is 5.81. The number of hydrogen-bond acceptors (Lipinski definition) is 3. The molecule has 2 rings (SSSR count). The Kier molecular flexibility index (Phi) is 5.01. The monoisotopic (exact) mass is 276 g/mol. The van der Waals surface area contributed by atoms with Crippen LogP contribution in [0, 0.1) is 5.92 Å². The van der Waals surface area contributed by atoms with Gasteiger partial charge in [-0.25, -0.2) is 0 Å². The van der Waals surface area contributed by atoms with Crippen molar-refractivity contribution < 1.29 is 9.53 Å². The molecular weight excluding hydrogens is 252 g/mol. The van der Waals surface area contributed by atoms with Crippen LogP contribution >= 0.6 is 0 Å². The minimum atomic E-state index is -0.178. The average molecular weight is 276 g/mol. The van der Waals surface area contributed by atoms with Gasteiger partial charge in [0.1, 0.15) is 5.75 Å². The number of likely N-dealkylation sites (N-methyl/N-ethyl adjacent to an activating group) is 1. The van der Waals surface area contributed by atoms with E-state index in [0.717, 1.165) is 5.75 Å². The maximum absolute atomic E-state index is 11.9. The van der Waals surface area contributed by atoms with Crippen molar-refractivity contribution >= 4 is 5.91 Å². The number of amides is 1. The fourth-order valence-electron chi connectivity index (χ4n) is 2.42. The number of hydrogen-bond donors (Lipinski definition) is 2. The van der Waals surface area contributed by atoms with Crippen LogP contribution in [0.2, 0.25) is 0 Å². The lowest BCUT2D eigenvalue weighted by atomic mass is 10.0. The molecule has 20 heavy (non-hydrogen) atoms. The molecule has 1 aliphatic carbocycles. The molecule has 0 spiro atoms. The highest BCUT2D eigenvalue weighted by atomic mass is 16.5. The first kappa shape index (κ1) is 14.9. The minimum Gasteiger partial charge on any atom is -0.497 e. The zero-order valence-corrected chi connectivity index (χ0v) is 12.5. The summed E-state index contributed by atoms with van der Waals surface area (Å²) in [7, 11) is 1.67. The van der Waals surface area contributed by atoms with Crippen LogP contribution < -0.4 is 15.4 Å². The largest absolute Gasteiger partial charge is 0.497 e. The van der Waals surface area contributed by atoms with Crippen molar-refractivity contribution in [3.05, 3.63) is 29.8 Å². The minimum absolute atomic E-state index is 0.0617. The molecule has 0 aromatic heterocycles. The molecule has 1 aromatic carbocycles. The molecule has 0 saturated heterocycles. The third-order valence-corrected chi connectivity index (χ3v) is 3.74. The van der Waals surface area contributed by atoms with Gasteiger partial charge in [0.25, 0.3) is 0 Å². The topological polar surface area (TPSA) is 50.4 Å². The fraction of sp³-hybridized carbons (Fsp3) is 0.562. The highest BCUT2D eigenvalue weighted by Crippen LogP contribution is 2.41. The summed E-state index contributed by atoms with van der Waals surface area (Å²) in [6.45, 7) is 4.53. The van der Waals surface area contributed by atoms with E-state index in [9.17, 15) is 4.79 Å². The summed E-state index contributed by atoms with van der Waals surface area (Å²) in [4.78, 5) is 11.9. The van der Waals surface area contributed by atoms with Crippen LogP contribution in [-0.2, 0) is 4.79 Å². The van der Waals surface area contributed by atoms with E-state index in [1.165, 1.54) is 18.4 Å². The van der Waals surface area contributed by atoms with Gasteiger partial charge < -0.3 is 10.1 Å². The number of ether oxygens (including phenoxy) is 1. The van der Waals surface area contributed by atoms with E-state index < -0.39 is 0 Å². The average Bonchev–Trinajstić information content (AvgIpc) is 3.29. The molecule has 2 N–H and O–H groups in total. The lowest BCUT2D eigenvalue weighted by molar-refractivity contribution is -0.122. The Hall–Kier alpha value is -1.55. The molecule has 2 unspecified atom stereocenters. The van der Waals surface area contributed by atoms with Gasteiger partial charge in [-0.1, -0.05) is 12.1 Å². The predicted octanol–water partition coefficient (Wildman–Crippen LogP) is 2.26. The van der Waals surface area contributed by atoms with E-state index in [4.69, 9.17) is 4.74 Å². The Morgan fingerprint density at radius 2 is 2.00 bits per heavy atom. The summed E-state index contributed by atoms with van der Waals surface area (Å²) >= 11 is 0. The van der Waals surface area contributed by atoms with Crippen LogP contribution in [0.3, 0.4) is 0 Å². The maximum Gasteiger partial charge on any atom is 0.236 e. The van der Waals surface area contributed by atoms with Gasteiger partial charge in [0, 0.05) is 12.6 Å². The highest BCUT2D eigenvalue weighted by Gasteiger charge is 2.33. The Labute approximate surface area is 120 Å². The molecule has 0 heterocycles. The van der Waals surface area contributed by atoms with Gasteiger partial charge in [0.15, 0.2) is 0 Å². The second-order valence-corrected chi connectivity index (χ2v) is 5.37. The van der Waals surface area contributed by atoms with Gasteiger partial charge in [-0.2, -0.15) is 0 Å². The molecule has 4 heteroatoms. The predicted molar refractivity (Wildman–Crippen MR) is 79.7 cm³/mol. The van der Waals surface area contributed by atoms with E-state index in [2.05, 4.69) is 22.8 Å². The standard InChI is InChI=1S/C16H24N2O2/c1-4-17-16(19)11(2)18-15(12-5-6-12)13-7-9-14(20-3)10-8-13/h7-12,15,18H,4-6H2,1-3H3,(H,17,19). The van der Waals surface area contributed by atoms with E-state index in [1.54, 1.807) is 7.11 Å². The third-order valence-electron chi connectivity index (χ3n) is 3.74. The molecule has 4 nitrogen and oxygen atoms in total. The maximum atomic E-state index is 11.9. The number of rotatable bonds is 7. The zero-order valence-electron chi connectivity index (χ0n) is 12.5. The van der Waals surface area contributed by atoms with Crippen molar-refractivity contribution in [1.82, 2.24) is 10.6 Å². The smallest absolute Gasteiger partial charge is 0.236 e. The number of methoxy groups -OCH3 is 1. The van der Waals surface area contributed by atoms with Gasteiger partial charge in [-0.3, -0.25) is 10.1 Å². The molecule has 1 aromatic rings. The van der Waals surface area contributed by atoms with E-state index in [-0.39, 0.29) is 18.0 Å². The first-order valence-corrected chi connectivity index (χ1v) is 7.33. The first-order chi connectivity index (χ1) is 9.65. The third kappa shape index (κ3) is 3.73. The molecule has 2 atom stereocenters. The molecule has 0 radical (unpaired) electrons. The van der Waals surface area contributed by atoms with Crippen LogP contribution in [0.15, 0.2) is 24.3 Å². The van der Waals surface area contributed by atoms with Gasteiger partial charge in [0.05, 0.1) is 13.2 Å². The molecule has 1 saturated carbocycles. The molecule has 0 aliphatic heterocycles. The quantitative estimate of drug-likeness (QED) is 0.803. The van der Waals surface area contributed by atoms with E-state index in [0.29, 0.717) is 12.5 Å². The normalized spacial score (nSPS) is 17.4. The lowest BCUT2D eigenvalue weighted by Gasteiger charge is -2.23. The van der Waals surface area contributed by atoms with Crippen LogP contribution in [0.5, 0.6) is 5.75 Å². The van der Waals surface area contributed by atoms with E-state index >= 15 is 0 Å². The molecule has 1 amide bonds. The molecule has 110 valence electrons. The number of benzene rings is 1. The number of carbonyl (C=O) groups excluding carboxylic acids is 1. The van der Waals surface area contributed by atoms with Gasteiger partial charge in [-0.05, 0) is 50.3 Å². The second-order valence-electron chi connectivity index (χ2n) is 5.37. The van der Waals surface area contributed by atoms with Crippen molar-refractivity contribution in [2.75, 3.05) is 13.7 Å². The zero-order chi connectivity index (χ0) is 14.5. The van der Waals surface area contributed by atoms with E-state index in [1.807, 2.05) is 26.0 Å². The fourth-order valence-corrected chi connectivity index (χ4v) is 2.42. The van der Waals surface area contributed by atoms with Crippen LogP contribution in [0.25, 0.3) is 0 Å². The number of carbonyl (C=O) groups is 1. The van der Waals surface area contributed by atoms with Crippen LogP contribution in [0.4, 0.5) is 0 Å². The van der Waals surface area contributed by atoms with Crippen molar-refractivity contribution in [2.24, 2.45) is 5.92 Å². The number of nitrogens with one attached hydrogen (secondary N) is 2. The van der Waals surface area contributed by atoms with Crippen molar-refractivity contribution in [3.63, 3.8) is 0 Å².